The number of methoxy groups -OCH3 is 1. The highest BCUT2D eigenvalue weighted by Gasteiger charge is 2.24. The van der Waals surface area contributed by atoms with E-state index in [9.17, 15) is 14.4 Å². The highest BCUT2D eigenvalue weighted by Crippen LogP contribution is 2.29. The van der Waals surface area contributed by atoms with Crippen molar-refractivity contribution in [1.82, 2.24) is 14.9 Å². The number of benzene rings is 1. The van der Waals surface area contributed by atoms with Crippen molar-refractivity contribution in [1.29, 1.82) is 0 Å². The second-order valence-electron chi connectivity index (χ2n) is 9.80. The van der Waals surface area contributed by atoms with Gasteiger partial charge in [0.2, 0.25) is 0 Å². The van der Waals surface area contributed by atoms with Gasteiger partial charge in [0.05, 0.1) is 17.9 Å². The average molecular weight is 523 g/mol. The summed E-state index contributed by atoms with van der Waals surface area (Å²) in [4.78, 5) is 42.6. The Morgan fingerprint density at radius 2 is 1.97 bits per heavy atom. The van der Waals surface area contributed by atoms with E-state index in [1.807, 2.05) is 75.0 Å². The molecule has 0 radical (unpaired) electrons. The monoisotopic (exact) mass is 522 g/mol. The second-order valence-corrected chi connectivity index (χ2v) is 10.7. The van der Waals surface area contributed by atoms with Gasteiger partial charge in [0.1, 0.15) is 6.04 Å². The van der Waals surface area contributed by atoms with Crippen molar-refractivity contribution in [3.05, 3.63) is 64.3 Å². The molecule has 0 saturated carbocycles. The summed E-state index contributed by atoms with van der Waals surface area (Å²) in [5.74, 6) is -0.832. The van der Waals surface area contributed by atoms with Gasteiger partial charge in [0.15, 0.2) is 10.9 Å². The van der Waals surface area contributed by atoms with Crippen LogP contribution in [0.4, 0.5) is 5.13 Å². The van der Waals surface area contributed by atoms with Gasteiger partial charge in [0.25, 0.3) is 11.8 Å². The summed E-state index contributed by atoms with van der Waals surface area (Å²) in [7, 11) is 1.47. The smallest absolute Gasteiger partial charge is 0.253 e. The van der Waals surface area contributed by atoms with E-state index in [-0.39, 0.29) is 23.8 Å². The fourth-order valence-corrected chi connectivity index (χ4v) is 4.54. The van der Waals surface area contributed by atoms with Gasteiger partial charge in [-0.3, -0.25) is 14.4 Å². The van der Waals surface area contributed by atoms with Crippen molar-refractivity contribution < 1.29 is 19.1 Å². The number of nitrogens with zero attached hydrogens (tertiary/aromatic N) is 2. The molecular formula is C28H34N4O4S. The minimum absolute atomic E-state index is 0.00333. The molecule has 0 bridgehead atoms. The molecule has 0 aliphatic carbocycles. The first-order valence-electron chi connectivity index (χ1n) is 12.0. The number of nitrogens with one attached hydrogen (secondary N) is 2. The maximum atomic E-state index is 13.0. The lowest BCUT2D eigenvalue weighted by Gasteiger charge is -2.21. The fourth-order valence-electron chi connectivity index (χ4n) is 3.82. The van der Waals surface area contributed by atoms with Crippen LogP contribution in [0.3, 0.4) is 0 Å². The molecule has 9 heteroatoms. The summed E-state index contributed by atoms with van der Waals surface area (Å²) >= 11 is 1.27. The second kappa shape index (κ2) is 11.7. The molecule has 1 aromatic carbocycles. The quantitative estimate of drug-likeness (QED) is 0.372. The van der Waals surface area contributed by atoms with E-state index in [4.69, 9.17) is 4.74 Å². The molecular weight excluding hydrogens is 488 g/mol. The van der Waals surface area contributed by atoms with E-state index in [1.165, 1.54) is 18.4 Å². The maximum Gasteiger partial charge on any atom is 0.253 e. The standard InChI is InChI=1S/C28H34N4O4S/c1-8-9-21-17(2)12-20(13-22(21)18(3)33)24-16-37-27(30-24)31-26(35)23(15-36-7)29-25(34)19-10-11-32(14-19)28(4,5)6/h8-14,16,23H,15H2,1-7H3,(H,29,34)(H,30,31,35)/b9-8-. The van der Waals surface area contributed by atoms with Crippen LogP contribution in [0, 0.1) is 6.92 Å². The van der Waals surface area contributed by atoms with Crippen LogP contribution in [-0.4, -0.2) is 46.9 Å². The molecule has 0 spiro atoms. The molecule has 2 N–H and O–H groups in total. The Labute approximate surface area is 221 Å². The van der Waals surface area contributed by atoms with Crippen LogP contribution in [0.5, 0.6) is 0 Å². The molecule has 2 heterocycles. The Bertz CT molecular complexity index is 1330. The van der Waals surface area contributed by atoms with Gasteiger partial charge in [-0.25, -0.2) is 4.98 Å². The number of anilines is 1. The SMILES string of the molecule is C/C=C\c1c(C)cc(-c2csc(NC(=O)C(COC)NC(=O)c3ccn(C(C)(C)C)c3)n2)cc1C(C)=O. The first-order valence-corrected chi connectivity index (χ1v) is 12.9. The summed E-state index contributed by atoms with van der Waals surface area (Å²) in [5, 5.41) is 7.73. The van der Waals surface area contributed by atoms with E-state index >= 15 is 0 Å². The Morgan fingerprint density at radius 3 is 2.57 bits per heavy atom. The van der Waals surface area contributed by atoms with E-state index in [2.05, 4.69) is 15.6 Å². The summed E-state index contributed by atoms with van der Waals surface area (Å²) in [6.07, 6.45) is 7.41. The number of rotatable bonds is 9. The van der Waals surface area contributed by atoms with Gasteiger partial charge in [-0.2, -0.15) is 0 Å². The van der Waals surface area contributed by atoms with E-state index in [0.717, 1.165) is 16.7 Å². The highest BCUT2D eigenvalue weighted by molar-refractivity contribution is 7.14. The molecule has 3 rings (SSSR count). The van der Waals surface area contributed by atoms with Gasteiger partial charge < -0.3 is 19.9 Å². The summed E-state index contributed by atoms with van der Waals surface area (Å²) in [6.45, 7) is 11.5. The summed E-state index contributed by atoms with van der Waals surface area (Å²) in [5.41, 5.74) is 4.20. The van der Waals surface area contributed by atoms with Crippen molar-refractivity contribution in [2.75, 3.05) is 19.0 Å². The molecule has 37 heavy (non-hydrogen) atoms. The van der Waals surface area contributed by atoms with Gasteiger partial charge >= 0.3 is 0 Å². The van der Waals surface area contributed by atoms with Gasteiger partial charge in [-0.15, -0.1) is 11.3 Å². The van der Waals surface area contributed by atoms with Crippen molar-refractivity contribution in [3.63, 3.8) is 0 Å². The molecule has 0 fully saturated rings. The lowest BCUT2D eigenvalue weighted by molar-refractivity contribution is -0.119. The van der Waals surface area contributed by atoms with E-state index in [1.54, 1.807) is 19.2 Å². The summed E-state index contributed by atoms with van der Waals surface area (Å²) in [6, 6.07) is 4.60. The summed E-state index contributed by atoms with van der Waals surface area (Å²) < 4.78 is 7.12. The lowest BCUT2D eigenvalue weighted by Crippen LogP contribution is -2.46. The number of thiazole rings is 1. The van der Waals surface area contributed by atoms with Crippen LogP contribution >= 0.6 is 11.3 Å². The zero-order chi connectivity index (χ0) is 27.3. The number of hydrogen-bond acceptors (Lipinski definition) is 6. The Kier molecular flexibility index (Phi) is 8.83. The van der Waals surface area contributed by atoms with Gasteiger partial charge in [0, 0.05) is 41.5 Å². The third-order valence-corrected chi connectivity index (χ3v) is 6.57. The Hall–Kier alpha value is -3.56. The number of carbonyl (C=O) groups is 3. The minimum Gasteiger partial charge on any atom is -0.382 e. The topological polar surface area (TPSA) is 102 Å². The van der Waals surface area contributed by atoms with Gasteiger partial charge in [-0.1, -0.05) is 12.2 Å². The molecule has 3 aromatic rings. The Balaban J connectivity index is 1.77. The van der Waals surface area contributed by atoms with Crippen LogP contribution in [-0.2, 0) is 15.1 Å². The van der Waals surface area contributed by atoms with Crippen molar-refractivity contribution >= 4 is 40.1 Å². The predicted octanol–water partition coefficient (Wildman–Crippen LogP) is 5.29. The predicted molar refractivity (Wildman–Crippen MR) is 148 cm³/mol. The number of aromatic nitrogens is 2. The van der Waals surface area contributed by atoms with E-state index < -0.39 is 11.9 Å². The number of Topliss-reactive ketones (excluding diaryl/α,β-unsaturated/α-hetero) is 1. The number of allylic oxidation sites excluding steroid dienone is 1. The molecule has 0 aliphatic heterocycles. The molecule has 196 valence electrons. The van der Waals surface area contributed by atoms with Crippen LogP contribution in [0.15, 0.2) is 42.0 Å². The normalized spacial score (nSPS) is 12.5. The van der Waals surface area contributed by atoms with Crippen LogP contribution < -0.4 is 10.6 Å². The van der Waals surface area contributed by atoms with Crippen molar-refractivity contribution in [3.8, 4) is 11.3 Å². The average Bonchev–Trinajstić information content (AvgIpc) is 3.50. The number of ether oxygens (including phenoxy) is 1. The lowest BCUT2D eigenvalue weighted by atomic mass is 9.95. The first-order chi connectivity index (χ1) is 17.4. The molecule has 1 unspecified atom stereocenters. The van der Waals surface area contributed by atoms with Crippen LogP contribution in [0.25, 0.3) is 17.3 Å². The molecule has 2 aromatic heterocycles. The largest absolute Gasteiger partial charge is 0.382 e. The number of ketones is 1. The van der Waals surface area contributed by atoms with Crippen molar-refractivity contribution in [2.24, 2.45) is 0 Å². The number of carbonyl (C=O) groups excluding carboxylic acids is 3. The molecule has 1 atom stereocenters. The molecule has 0 saturated heterocycles. The maximum absolute atomic E-state index is 13.0. The molecule has 2 amide bonds. The van der Waals surface area contributed by atoms with Crippen LogP contribution in [0.1, 0.15) is 66.5 Å². The Morgan fingerprint density at radius 1 is 1.24 bits per heavy atom. The molecule has 8 nitrogen and oxygen atoms in total. The third kappa shape index (κ3) is 6.81. The van der Waals surface area contributed by atoms with Gasteiger partial charge in [-0.05, 0) is 70.9 Å². The fraction of sp³-hybridized carbons (Fsp3) is 0.357. The van der Waals surface area contributed by atoms with Crippen molar-refractivity contribution in [2.45, 2.75) is 53.1 Å². The third-order valence-electron chi connectivity index (χ3n) is 5.81. The number of aryl methyl sites for hydroxylation is 1. The number of hydrogen-bond donors (Lipinski definition) is 2. The number of amides is 2. The zero-order valence-corrected chi connectivity index (χ0v) is 23.2. The van der Waals surface area contributed by atoms with Crippen LogP contribution in [0.2, 0.25) is 0 Å². The minimum atomic E-state index is -0.908. The zero-order valence-electron chi connectivity index (χ0n) is 22.3. The first kappa shape index (κ1) is 28.0. The highest BCUT2D eigenvalue weighted by atomic mass is 32.1. The van der Waals surface area contributed by atoms with E-state index in [0.29, 0.717) is 22.0 Å². The molecule has 0 aliphatic rings.